The van der Waals surface area contributed by atoms with Crippen LogP contribution in [0.5, 0.6) is 0 Å². The normalized spacial score (nSPS) is 15.0. The van der Waals surface area contributed by atoms with Crippen molar-refractivity contribution in [1.29, 1.82) is 0 Å². The van der Waals surface area contributed by atoms with E-state index in [2.05, 4.69) is 147 Å². The third-order valence-electron chi connectivity index (χ3n) is 9.46. The van der Waals surface area contributed by atoms with Crippen LogP contribution in [0.4, 0.5) is 0 Å². The molecular formula is C43H30N2. The van der Waals surface area contributed by atoms with Crippen molar-refractivity contribution in [2.24, 2.45) is 5.41 Å². The molecule has 6 aromatic carbocycles. The fraction of sp³-hybridized carbons (Fsp3) is 0.0698. The van der Waals surface area contributed by atoms with Crippen molar-refractivity contribution in [1.82, 2.24) is 9.97 Å². The molecule has 2 heteroatoms. The lowest BCUT2D eigenvalue weighted by molar-refractivity contribution is 0.645. The van der Waals surface area contributed by atoms with E-state index in [9.17, 15) is 0 Å². The van der Waals surface area contributed by atoms with Gasteiger partial charge >= 0.3 is 0 Å². The van der Waals surface area contributed by atoms with Gasteiger partial charge in [0.25, 0.3) is 0 Å². The fourth-order valence-electron chi connectivity index (χ4n) is 7.32. The first-order valence-electron chi connectivity index (χ1n) is 15.6. The highest BCUT2D eigenvalue weighted by Gasteiger charge is 2.32. The summed E-state index contributed by atoms with van der Waals surface area (Å²) in [7, 11) is 0. The van der Waals surface area contributed by atoms with Crippen molar-refractivity contribution in [2.45, 2.75) is 13.8 Å². The fourth-order valence-corrected chi connectivity index (χ4v) is 7.32. The molecule has 0 unspecified atom stereocenters. The second-order valence-electron chi connectivity index (χ2n) is 12.7. The number of hydrogen-bond donors (Lipinski definition) is 0. The first-order valence-corrected chi connectivity index (χ1v) is 15.6. The minimum absolute atomic E-state index is 0.153. The smallest absolute Gasteiger partial charge is 0.161 e. The quantitative estimate of drug-likeness (QED) is 0.197. The van der Waals surface area contributed by atoms with Crippen LogP contribution < -0.4 is 10.4 Å². The molecule has 2 nitrogen and oxygen atoms in total. The molecule has 9 rings (SSSR count). The summed E-state index contributed by atoms with van der Waals surface area (Å²) < 4.78 is 0. The Morgan fingerprint density at radius 1 is 0.489 bits per heavy atom. The minimum Gasteiger partial charge on any atom is -0.228 e. The monoisotopic (exact) mass is 574 g/mol. The van der Waals surface area contributed by atoms with Gasteiger partial charge in [0.2, 0.25) is 0 Å². The first kappa shape index (κ1) is 25.9. The van der Waals surface area contributed by atoms with Crippen molar-refractivity contribution in [2.75, 3.05) is 0 Å². The molecule has 0 bridgehead atoms. The van der Waals surface area contributed by atoms with Gasteiger partial charge in [-0.2, -0.15) is 0 Å². The van der Waals surface area contributed by atoms with E-state index >= 15 is 0 Å². The minimum atomic E-state index is -0.153. The lowest BCUT2D eigenvalue weighted by atomic mass is 9.75. The number of fused-ring (bicyclic) bond motifs is 8. The molecule has 1 aromatic heterocycles. The highest BCUT2D eigenvalue weighted by atomic mass is 14.9. The molecule has 0 saturated carbocycles. The number of nitrogens with zero attached hydrogens (tertiary/aromatic N) is 2. The van der Waals surface area contributed by atoms with Crippen LogP contribution in [0.2, 0.25) is 0 Å². The number of benzene rings is 6. The molecule has 0 aliphatic heterocycles. The van der Waals surface area contributed by atoms with Crippen LogP contribution in [-0.4, -0.2) is 9.97 Å². The van der Waals surface area contributed by atoms with Gasteiger partial charge in [-0.1, -0.05) is 135 Å². The first-order chi connectivity index (χ1) is 22.0. The van der Waals surface area contributed by atoms with E-state index in [1.165, 1.54) is 53.9 Å². The van der Waals surface area contributed by atoms with Crippen molar-refractivity contribution in [3.63, 3.8) is 0 Å². The van der Waals surface area contributed by atoms with Gasteiger partial charge in [-0.3, -0.25) is 0 Å². The Labute approximate surface area is 262 Å². The summed E-state index contributed by atoms with van der Waals surface area (Å²) in [5, 5.41) is 10.3. The van der Waals surface area contributed by atoms with E-state index in [-0.39, 0.29) is 5.41 Å². The molecule has 212 valence electrons. The molecule has 2 aliphatic carbocycles. The Morgan fingerprint density at radius 2 is 0.978 bits per heavy atom. The molecule has 0 saturated heterocycles. The molecule has 0 atom stereocenters. The van der Waals surface area contributed by atoms with Crippen molar-refractivity contribution >= 4 is 49.5 Å². The SMILES string of the molecule is CC1(C)C=CC(c2nc(-c3ccccc3)cc(-c3ccccc3)n2)=C2C=c3cc4c5ccccc5c5ccccc5c4cc3=C21. The van der Waals surface area contributed by atoms with Gasteiger partial charge in [0.1, 0.15) is 0 Å². The van der Waals surface area contributed by atoms with Gasteiger partial charge in [0.15, 0.2) is 5.82 Å². The lowest BCUT2D eigenvalue weighted by Gasteiger charge is -2.29. The van der Waals surface area contributed by atoms with Crippen molar-refractivity contribution < 1.29 is 0 Å². The van der Waals surface area contributed by atoms with Crippen LogP contribution >= 0.6 is 0 Å². The van der Waals surface area contributed by atoms with Gasteiger partial charge in [-0.15, -0.1) is 0 Å². The van der Waals surface area contributed by atoms with Crippen LogP contribution in [-0.2, 0) is 0 Å². The van der Waals surface area contributed by atoms with E-state index in [4.69, 9.17) is 9.97 Å². The lowest BCUT2D eigenvalue weighted by Crippen LogP contribution is -2.28. The summed E-state index contributed by atoms with van der Waals surface area (Å²) in [6.45, 7) is 4.63. The average molecular weight is 575 g/mol. The van der Waals surface area contributed by atoms with Crippen LogP contribution in [0.3, 0.4) is 0 Å². The zero-order valence-corrected chi connectivity index (χ0v) is 25.3. The van der Waals surface area contributed by atoms with Gasteiger partial charge in [0.05, 0.1) is 11.4 Å². The van der Waals surface area contributed by atoms with E-state index in [0.29, 0.717) is 0 Å². The second-order valence-corrected chi connectivity index (χ2v) is 12.7. The van der Waals surface area contributed by atoms with Gasteiger partial charge < -0.3 is 0 Å². The summed E-state index contributed by atoms with van der Waals surface area (Å²) in [5.41, 5.74) is 7.47. The number of rotatable bonds is 3. The Balaban J connectivity index is 1.36. The maximum atomic E-state index is 5.21. The number of aromatic nitrogens is 2. The summed E-state index contributed by atoms with van der Waals surface area (Å²) >= 11 is 0. The zero-order chi connectivity index (χ0) is 30.1. The predicted octanol–water partition coefficient (Wildman–Crippen LogP) is 9.26. The summed E-state index contributed by atoms with van der Waals surface area (Å²) in [6, 6.07) is 45.4. The summed E-state index contributed by atoms with van der Waals surface area (Å²) in [5.74, 6) is 0.749. The standard InChI is InChI=1S/C43H30N2/c1-43(2)22-21-34(42-44-39(27-13-5-3-6-14-27)26-40(45-42)28-15-7-4-8-16-28)38-24-29-23-36-32-19-11-9-17-30(32)31-18-10-12-20-33(31)37(36)25-35(29)41(38)43/h3-26H,1-2H3. The molecule has 2 aliphatic rings. The van der Waals surface area contributed by atoms with Crippen molar-refractivity contribution in [3.8, 4) is 22.5 Å². The number of allylic oxidation sites excluding steroid dienone is 4. The largest absolute Gasteiger partial charge is 0.228 e. The third kappa shape index (κ3) is 4.03. The molecule has 0 spiro atoms. The Hall–Kier alpha value is -5.60. The third-order valence-corrected chi connectivity index (χ3v) is 9.46. The van der Waals surface area contributed by atoms with Crippen LogP contribution in [0.1, 0.15) is 19.7 Å². The number of hydrogen-bond acceptors (Lipinski definition) is 2. The Bertz CT molecular complexity index is 2480. The Kier molecular flexibility index (Phi) is 5.58. The van der Waals surface area contributed by atoms with Crippen LogP contribution in [0, 0.1) is 5.41 Å². The highest BCUT2D eigenvalue weighted by molar-refractivity contribution is 6.25. The molecule has 1 heterocycles. The zero-order valence-electron chi connectivity index (χ0n) is 25.3. The highest BCUT2D eigenvalue weighted by Crippen LogP contribution is 2.44. The van der Waals surface area contributed by atoms with Gasteiger partial charge in [-0.25, -0.2) is 9.97 Å². The summed E-state index contributed by atoms with van der Waals surface area (Å²) in [6.07, 6.45) is 6.94. The molecule has 0 amide bonds. The molecule has 0 fully saturated rings. The molecule has 45 heavy (non-hydrogen) atoms. The van der Waals surface area contributed by atoms with Gasteiger partial charge in [0, 0.05) is 22.1 Å². The molecule has 0 radical (unpaired) electrons. The summed E-state index contributed by atoms with van der Waals surface area (Å²) in [4.78, 5) is 10.4. The molecular weight excluding hydrogens is 544 g/mol. The van der Waals surface area contributed by atoms with E-state index in [0.717, 1.165) is 33.9 Å². The van der Waals surface area contributed by atoms with E-state index < -0.39 is 0 Å². The topological polar surface area (TPSA) is 25.8 Å². The second kappa shape index (κ2) is 9.70. The van der Waals surface area contributed by atoms with E-state index in [1.807, 2.05) is 12.1 Å². The predicted molar refractivity (Wildman–Crippen MR) is 189 cm³/mol. The average Bonchev–Trinajstić information content (AvgIpc) is 3.48. The van der Waals surface area contributed by atoms with Crippen LogP contribution in [0.25, 0.3) is 72.1 Å². The van der Waals surface area contributed by atoms with Crippen molar-refractivity contribution in [3.05, 3.63) is 161 Å². The van der Waals surface area contributed by atoms with E-state index in [1.54, 1.807) is 0 Å². The molecule has 7 aromatic rings. The molecule has 0 N–H and O–H groups in total. The maximum absolute atomic E-state index is 5.21. The Morgan fingerprint density at radius 3 is 1.53 bits per heavy atom. The van der Waals surface area contributed by atoms with Crippen LogP contribution in [0.15, 0.2) is 145 Å². The maximum Gasteiger partial charge on any atom is 0.161 e. The van der Waals surface area contributed by atoms with Gasteiger partial charge in [-0.05, 0) is 78.2 Å².